The molecule has 2 aromatic rings. The molecular formula is C17H18FN3O4. The van der Waals surface area contributed by atoms with Gasteiger partial charge in [0.1, 0.15) is 5.69 Å². The van der Waals surface area contributed by atoms with E-state index in [1.165, 1.54) is 25.3 Å². The Morgan fingerprint density at radius 1 is 1.24 bits per heavy atom. The molecule has 0 saturated carbocycles. The summed E-state index contributed by atoms with van der Waals surface area (Å²) in [5.41, 5.74) is 0.893. The number of para-hydroxylation sites is 2. The zero-order valence-electron chi connectivity index (χ0n) is 13.6. The molecule has 0 fully saturated rings. The number of anilines is 1. The highest BCUT2D eigenvalue weighted by Crippen LogP contribution is 2.22. The summed E-state index contributed by atoms with van der Waals surface area (Å²) >= 11 is 0. The smallest absolute Gasteiger partial charge is 0.292 e. The minimum Gasteiger partial charge on any atom is -0.494 e. The standard InChI is InChI=1S/C17H18FN3O4/c1-25-16-7-6-12(10-13(16)18)11-17(22)20-9-8-19-14-4-2-3-5-15(14)21(23)24/h2-7,10,19H,8-9,11H2,1H3,(H,20,22). The van der Waals surface area contributed by atoms with Gasteiger partial charge in [-0.25, -0.2) is 4.39 Å². The molecule has 0 aliphatic heterocycles. The molecule has 0 heterocycles. The molecule has 0 aliphatic carbocycles. The molecular weight excluding hydrogens is 329 g/mol. The van der Waals surface area contributed by atoms with Crippen molar-refractivity contribution in [1.29, 1.82) is 0 Å². The van der Waals surface area contributed by atoms with Gasteiger partial charge in [0.25, 0.3) is 5.69 Å². The molecule has 0 saturated heterocycles. The molecule has 0 spiro atoms. The van der Waals surface area contributed by atoms with Crippen molar-refractivity contribution in [2.24, 2.45) is 0 Å². The lowest BCUT2D eigenvalue weighted by Gasteiger charge is -2.09. The average Bonchev–Trinajstić information content (AvgIpc) is 2.59. The Bertz CT molecular complexity index is 767. The lowest BCUT2D eigenvalue weighted by atomic mass is 10.1. The second-order valence-corrected chi connectivity index (χ2v) is 5.20. The number of nitro benzene ring substituents is 1. The van der Waals surface area contributed by atoms with Crippen LogP contribution in [0.2, 0.25) is 0 Å². The molecule has 2 N–H and O–H groups in total. The van der Waals surface area contributed by atoms with Gasteiger partial charge in [-0.05, 0) is 23.8 Å². The van der Waals surface area contributed by atoms with Gasteiger partial charge >= 0.3 is 0 Å². The topological polar surface area (TPSA) is 93.5 Å². The molecule has 8 heteroatoms. The maximum atomic E-state index is 13.6. The first-order valence-corrected chi connectivity index (χ1v) is 7.57. The molecule has 7 nitrogen and oxygen atoms in total. The maximum absolute atomic E-state index is 13.6. The second-order valence-electron chi connectivity index (χ2n) is 5.20. The summed E-state index contributed by atoms with van der Waals surface area (Å²) in [6.45, 7) is 0.608. The van der Waals surface area contributed by atoms with Crippen LogP contribution in [-0.4, -0.2) is 31.0 Å². The third-order valence-corrected chi connectivity index (χ3v) is 3.44. The van der Waals surface area contributed by atoms with Crippen LogP contribution in [-0.2, 0) is 11.2 Å². The Labute approximate surface area is 144 Å². The normalized spacial score (nSPS) is 10.2. The number of amides is 1. The van der Waals surface area contributed by atoms with Crippen LogP contribution >= 0.6 is 0 Å². The van der Waals surface area contributed by atoms with Crippen LogP contribution in [0.4, 0.5) is 15.8 Å². The van der Waals surface area contributed by atoms with Crippen molar-refractivity contribution in [2.75, 3.05) is 25.5 Å². The maximum Gasteiger partial charge on any atom is 0.292 e. The Kier molecular flexibility index (Phi) is 6.27. The van der Waals surface area contributed by atoms with E-state index in [2.05, 4.69) is 10.6 Å². The lowest BCUT2D eigenvalue weighted by molar-refractivity contribution is -0.384. The Hall–Kier alpha value is -3.16. The summed E-state index contributed by atoms with van der Waals surface area (Å²) in [7, 11) is 1.37. The lowest BCUT2D eigenvalue weighted by Crippen LogP contribution is -2.30. The molecule has 25 heavy (non-hydrogen) atoms. The van der Waals surface area contributed by atoms with Gasteiger partial charge < -0.3 is 15.4 Å². The van der Waals surface area contributed by atoms with Gasteiger partial charge in [-0.15, -0.1) is 0 Å². The fourth-order valence-electron chi connectivity index (χ4n) is 2.25. The van der Waals surface area contributed by atoms with Gasteiger partial charge in [0, 0.05) is 19.2 Å². The van der Waals surface area contributed by atoms with Gasteiger partial charge in [0.2, 0.25) is 5.91 Å². The first kappa shape index (κ1) is 18.2. The van der Waals surface area contributed by atoms with E-state index in [1.807, 2.05) is 0 Å². The van der Waals surface area contributed by atoms with Gasteiger partial charge in [-0.1, -0.05) is 18.2 Å². The molecule has 1 amide bonds. The summed E-state index contributed by atoms with van der Waals surface area (Å²) in [6.07, 6.45) is 0.0341. The van der Waals surface area contributed by atoms with Crippen molar-refractivity contribution in [3.8, 4) is 5.75 Å². The van der Waals surface area contributed by atoms with E-state index in [-0.39, 0.29) is 30.3 Å². The van der Waals surface area contributed by atoms with Gasteiger partial charge in [0.15, 0.2) is 11.6 Å². The van der Waals surface area contributed by atoms with Crippen molar-refractivity contribution >= 4 is 17.3 Å². The zero-order chi connectivity index (χ0) is 18.2. The highest BCUT2D eigenvalue weighted by molar-refractivity contribution is 5.78. The van der Waals surface area contributed by atoms with Crippen molar-refractivity contribution in [1.82, 2.24) is 5.32 Å². The quantitative estimate of drug-likeness (QED) is 0.435. The minimum atomic E-state index is -0.522. The van der Waals surface area contributed by atoms with E-state index in [1.54, 1.807) is 24.3 Å². The number of carbonyl (C=O) groups excluding carboxylic acids is 1. The average molecular weight is 347 g/mol. The fraction of sp³-hybridized carbons (Fsp3) is 0.235. The van der Waals surface area contributed by atoms with Crippen molar-refractivity contribution in [3.05, 3.63) is 64.0 Å². The number of methoxy groups -OCH3 is 1. The SMILES string of the molecule is COc1ccc(CC(=O)NCCNc2ccccc2[N+](=O)[O-])cc1F. The summed E-state index contributed by atoms with van der Waals surface area (Å²) in [5.74, 6) is -0.669. The van der Waals surface area contributed by atoms with E-state index in [0.717, 1.165) is 0 Å². The molecule has 132 valence electrons. The van der Waals surface area contributed by atoms with E-state index in [0.29, 0.717) is 17.8 Å². The summed E-state index contributed by atoms with van der Waals surface area (Å²) < 4.78 is 18.4. The first-order valence-electron chi connectivity index (χ1n) is 7.57. The highest BCUT2D eigenvalue weighted by Gasteiger charge is 2.11. The van der Waals surface area contributed by atoms with Crippen LogP contribution in [0.15, 0.2) is 42.5 Å². The number of nitrogens with one attached hydrogen (secondary N) is 2. The number of rotatable bonds is 8. The van der Waals surface area contributed by atoms with Crippen LogP contribution in [0.3, 0.4) is 0 Å². The van der Waals surface area contributed by atoms with Crippen LogP contribution in [0.1, 0.15) is 5.56 Å². The molecule has 0 aromatic heterocycles. The van der Waals surface area contributed by atoms with Crippen molar-refractivity contribution in [2.45, 2.75) is 6.42 Å². The predicted molar refractivity (Wildman–Crippen MR) is 91.3 cm³/mol. The second kappa shape index (κ2) is 8.62. The van der Waals surface area contributed by atoms with Crippen LogP contribution in [0, 0.1) is 15.9 Å². The zero-order valence-corrected chi connectivity index (χ0v) is 13.6. The largest absolute Gasteiger partial charge is 0.494 e. The number of halogens is 1. The van der Waals surface area contributed by atoms with Crippen LogP contribution in [0.5, 0.6) is 5.75 Å². The minimum absolute atomic E-state index is 0.0254. The highest BCUT2D eigenvalue weighted by atomic mass is 19.1. The third-order valence-electron chi connectivity index (χ3n) is 3.44. The summed E-state index contributed by atoms with van der Waals surface area (Å²) in [4.78, 5) is 22.3. The van der Waals surface area contributed by atoms with E-state index in [4.69, 9.17) is 4.74 Å². The van der Waals surface area contributed by atoms with Crippen molar-refractivity contribution in [3.63, 3.8) is 0 Å². The molecule has 0 atom stereocenters. The number of carbonyl (C=O) groups is 1. The Morgan fingerprint density at radius 2 is 2.00 bits per heavy atom. The van der Waals surface area contributed by atoms with E-state index >= 15 is 0 Å². The first-order chi connectivity index (χ1) is 12.0. The third kappa shape index (κ3) is 5.17. The number of nitro groups is 1. The monoisotopic (exact) mass is 347 g/mol. The molecule has 2 rings (SSSR count). The fourth-order valence-corrected chi connectivity index (χ4v) is 2.25. The van der Waals surface area contributed by atoms with Gasteiger partial charge in [-0.2, -0.15) is 0 Å². The van der Waals surface area contributed by atoms with E-state index < -0.39 is 10.7 Å². The molecule has 0 aliphatic rings. The van der Waals surface area contributed by atoms with Gasteiger partial charge in [-0.3, -0.25) is 14.9 Å². The Balaban J connectivity index is 1.79. The van der Waals surface area contributed by atoms with Gasteiger partial charge in [0.05, 0.1) is 18.5 Å². The summed E-state index contributed by atoms with van der Waals surface area (Å²) in [5, 5.41) is 16.5. The van der Waals surface area contributed by atoms with Crippen LogP contribution in [0.25, 0.3) is 0 Å². The predicted octanol–water partition coefficient (Wildman–Crippen LogP) is 2.51. The molecule has 2 aromatic carbocycles. The van der Waals surface area contributed by atoms with Crippen molar-refractivity contribution < 1.29 is 18.8 Å². The number of ether oxygens (including phenoxy) is 1. The Morgan fingerprint density at radius 3 is 2.68 bits per heavy atom. The molecule has 0 radical (unpaired) electrons. The van der Waals surface area contributed by atoms with Crippen LogP contribution < -0.4 is 15.4 Å². The van der Waals surface area contributed by atoms with E-state index in [9.17, 15) is 19.3 Å². The number of benzene rings is 2. The summed E-state index contributed by atoms with van der Waals surface area (Å²) in [6, 6.07) is 10.6. The number of nitrogens with zero attached hydrogens (tertiary/aromatic N) is 1. The molecule has 0 bridgehead atoms. The number of hydrogen-bond donors (Lipinski definition) is 2. The molecule has 0 unspecified atom stereocenters. The number of hydrogen-bond acceptors (Lipinski definition) is 5.